The maximum absolute atomic E-state index is 14.7. The number of carbonyl (C=O) groups excluding carboxylic acids is 2. The fourth-order valence-corrected chi connectivity index (χ4v) is 19.2. The van der Waals surface area contributed by atoms with Gasteiger partial charge in [-0.1, -0.05) is 12.1 Å². The Morgan fingerprint density at radius 1 is 0.737 bits per heavy atom. The van der Waals surface area contributed by atoms with Crippen LogP contribution >= 0.6 is 15.2 Å². The largest absolute Gasteiger partial charge is 0.393 e. The first-order chi connectivity index (χ1) is 17.1. The van der Waals surface area contributed by atoms with Crippen molar-refractivity contribution in [1.82, 2.24) is 4.90 Å². The predicted octanol–water partition coefficient (Wildman–Crippen LogP) is 6.95. The van der Waals surface area contributed by atoms with Crippen molar-refractivity contribution in [3.63, 3.8) is 0 Å². The van der Waals surface area contributed by atoms with Gasteiger partial charge >= 0.3 is 15.2 Å². The topological polar surface area (TPSA) is 118 Å². The van der Waals surface area contributed by atoms with Crippen LogP contribution in [-0.4, -0.2) is 67.5 Å². The second-order valence-electron chi connectivity index (χ2n) is 12.1. The first-order valence-corrected chi connectivity index (χ1v) is 25.8. The minimum absolute atomic E-state index is 0.0174. The molecule has 38 heavy (non-hydrogen) atoms. The second-order valence-corrected chi connectivity index (χ2v) is 31.0. The van der Waals surface area contributed by atoms with Crippen molar-refractivity contribution in [3.8, 4) is 0 Å². The van der Waals surface area contributed by atoms with Gasteiger partial charge in [0, 0.05) is 27.2 Å². The van der Waals surface area contributed by atoms with Gasteiger partial charge in [0.05, 0.1) is 11.1 Å². The monoisotopic (exact) mass is 623 g/mol. The summed E-state index contributed by atoms with van der Waals surface area (Å²) in [5, 5.41) is -2.10. The van der Waals surface area contributed by atoms with E-state index < -0.39 is 57.0 Å². The van der Waals surface area contributed by atoms with E-state index in [1.54, 1.807) is 24.3 Å². The quantitative estimate of drug-likeness (QED) is 0.123. The first-order valence-electron chi connectivity index (χ1n) is 12.5. The average molecular weight is 624 g/mol. The standard InChI is InChI=1S/C23H43NO9P2Si3/c1-29-34(27,32-37(6,7)8)23(31-36(3,4)5,35(28,30-2)33-38(9,10)11)17-14-18-24-21(25)19-15-12-13-16-20(19)22(24)26/h12-13,15-16H,14,17-18H2,1-11H3. The Morgan fingerprint density at radius 2 is 1.13 bits per heavy atom. The van der Waals surface area contributed by atoms with Crippen LogP contribution in [0.2, 0.25) is 58.9 Å². The highest BCUT2D eigenvalue weighted by atomic mass is 31.2. The van der Waals surface area contributed by atoms with Gasteiger partial charge in [0.15, 0.2) is 25.0 Å². The zero-order chi connectivity index (χ0) is 29.4. The van der Waals surface area contributed by atoms with E-state index in [-0.39, 0.29) is 19.4 Å². The van der Waals surface area contributed by atoms with Crippen LogP contribution in [0.1, 0.15) is 33.6 Å². The number of hydrogen-bond acceptors (Lipinski definition) is 9. The molecule has 0 radical (unpaired) electrons. The lowest BCUT2D eigenvalue weighted by molar-refractivity contribution is 0.0641. The summed E-state index contributed by atoms with van der Waals surface area (Å²) >= 11 is 0. The second kappa shape index (κ2) is 11.6. The van der Waals surface area contributed by atoms with E-state index >= 15 is 0 Å². The summed E-state index contributed by atoms with van der Waals surface area (Å²) < 4.78 is 59.6. The molecule has 1 aromatic rings. The van der Waals surface area contributed by atoms with Crippen LogP contribution in [0.25, 0.3) is 0 Å². The predicted molar refractivity (Wildman–Crippen MR) is 156 cm³/mol. The Balaban J connectivity index is 2.63. The van der Waals surface area contributed by atoms with Crippen molar-refractivity contribution in [2.24, 2.45) is 0 Å². The van der Waals surface area contributed by atoms with Gasteiger partial charge in [-0.05, 0) is 77.5 Å². The number of imide groups is 1. The molecule has 0 aliphatic carbocycles. The maximum Gasteiger partial charge on any atom is 0.363 e. The first kappa shape index (κ1) is 33.5. The van der Waals surface area contributed by atoms with E-state index in [4.69, 9.17) is 21.9 Å². The van der Waals surface area contributed by atoms with Crippen molar-refractivity contribution < 1.29 is 40.6 Å². The molecule has 1 aromatic carbocycles. The van der Waals surface area contributed by atoms with Gasteiger partial charge < -0.3 is 21.9 Å². The lowest BCUT2D eigenvalue weighted by Crippen LogP contribution is -2.47. The number of fused-ring (bicyclic) bond motifs is 1. The van der Waals surface area contributed by atoms with Crippen LogP contribution < -0.4 is 0 Å². The molecule has 216 valence electrons. The molecule has 2 amide bonds. The summed E-state index contributed by atoms with van der Waals surface area (Å²) in [7, 11) is -14.0. The summed E-state index contributed by atoms with van der Waals surface area (Å²) in [5.41, 5.74) is 0.660. The van der Waals surface area contributed by atoms with Gasteiger partial charge in [-0.2, -0.15) is 0 Å². The van der Waals surface area contributed by atoms with Crippen LogP contribution in [0.3, 0.4) is 0 Å². The van der Waals surface area contributed by atoms with Gasteiger partial charge in [-0.3, -0.25) is 23.6 Å². The smallest absolute Gasteiger partial charge is 0.363 e. The highest BCUT2D eigenvalue weighted by molar-refractivity contribution is 7.75. The summed E-state index contributed by atoms with van der Waals surface area (Å²) in [6, 6.07) is 6.61. The Kier molecular flexibility index (Phi) is 10.3. The summed E-state index contributed by atoms with van der Waals surface area (Å²) in [6.07, 6.45) is -0.0589. The molecule has 1 aliphatic heterocycles. The number of hydrogen-bond donors (Lipinski definition) is 0. The Morgan fingerprint density at radius 3 is 1.45 bits per heavy atom. The minimum Gasteiger partial charge on any atom is -0.393 e. The van der Waals surface area contributed by atoms with E-state index in [9.17, 15) is 18.7 Å². The Labute approximate surface area is 230 Å². The van der Waals surface area contributed by atoms with Crippen molar-refractivity contribution in [2.45, 2.75) is 76.8 Å². The molecule has 0 aromatic heterocycles. The van der Waals surface area contributed by atoms with Gasteiger partial charge in [0.25, 0.3) is 16.9 Å². The van der Waals surface area contributed by atoms with Crippen LogP contribution in [-0.2, 0) is 31.0 Å². The molecule has 0 saturated heterocycles. The molecule has 2 unspecified atom stereocenters. The van der Waals surface area contributed by atoms with E-state index in [2.05, 4.69) is 0 Å². The molecule has 0 fully saturated rings. The summed E-state index contributed by atoms with van der Waals surface area (Å²) in [6.45, 7) is 16.6. The molecule has 0 spiro atoms. The fourth-order valence-electron chi connectivity index (χ4n) is 4.21. The Bertz CT molecular complexity index is 1070. The lowest BCUT2D eigenvalue weighted by atomic mass is 10.1. The zero-order valence-electron chi connectivity index (χ0n) is 24.4. The molecule has 1 heterocycles. The van der Waals surface area contributed by atoms with Crippen LogP contribution in [0.15, 0.2) is 24.3 Å². The third-order valence-corrected chi connectivity index (χ3v) is 17.7. The van der Waals surface area contributed by atoms with Crippen molar-refractivity contribution in [2.75, 3.05) is 20.8 Å². The third kappa shape index (κ3) is 7.31. The third-order valence-electron chi connectivity index (χ3n) is 5.36. The molecular formula is C23H43NO9P2Si3. The minimum atomic E-state index is -4.34. The average Bonchev–Trinajstić information content (AvgIpc) is 3.00. The number of nitrogens with zero attached hydrogens (tertiary/aromatic N) is 1. The van der Waals surface area contributed by atoms with E-state index in [0.29, 0.717) is 11.1 Å². The van der Waals surface area contributed by atoms with Crippen LogP contribution in [0.4, 0.5) is 0 Å². The Hall–Kier alpha value is -0.729. The van der Waals surface area contributed by atoms with Gasteiger partial charge in [-0.15, -0.1) is 0 Å². The zero-order valence-corrected chi connectivity index (χ0v) is 29.2. The SMILES string of the molecule is COP(=O)(O[Si](C)(C)C)C(CCCN1C(=O)c2ccccc2C1=O)(O[Si](C)(C)C)P(=O)(OC)O[Si](C)(C)C. The number of benzene rings is 1. The van der Waals surface area contributed by atoms with Crippen molar-refractivity contribution in [3.05, 3.63) is 35.4 Å². The van der Waals surface area contributed by atoms with Crippen LogP contribution in [0.5, 0.6) is 0 Å². The van der Waals surface area contributed by atoms with Crippen molar-refractivity contribution >= 4 is 52.0 Å². The molecule has 15 heteroatoms. The van der Waals surface area contributed by atoms with E-state index in [1.807, 2.05) is 58.9 Å². The number of carbonyl (C=O) groups is 2. The molecule has 10 nitrogen and oxygen atoms in total. The molecule has 1 aliphatic rings. The molecular weight excluding hydrogens is 580 g/mol. The lowest BCUT2D eigenvalue weighted by Gasteiger charge is -2.47. The molecule has 2 rings (SSSR count). The highest BCUT2D eigenvalue weighted by Gasteiger charge is 2.68. The van der Waals surface area contributed by atoms with Crippen LogP contribution in [0, 0.1) is 0 Å². The normalized spacial score (nSPS) is 19.6. The number of rotatable bonds is 14. The summed E-state index contributed by atoms with van der Waals surface area (Å²) in [4.78, 5) is 27.0. The van der Waals surface area contributed by atoms with Gasteiger partial charge in [0.1, 0.15) is 0 Å². The molecule has 0 bridgehead atoms. The van der Waals surface area contributed by atoms with Gasteiger partial charge in [0.2, 0.25) is 0 Å². The maximum atomic E-state index is 14.7. The van der Waals surface area contributed by atoms with E-state index in [0.717, 1.165) is 4.90 Å². The van der Waals surface area contributed by atoms with Crippen molar-refractivity contribution in [1.29, 1.82) is 0 Å². The van der Waals surface area contributed by atoms with E-state index in [1.165, 1.54) is 14.2 Å². The summed E-state index contributed by atoms with van der Waals surface area (Å²) in [5.74, 6) is -0.826. The molecule has 0 N–H and O–H groups in total. The fraction of sp³-hybridized carbons (Fsp3) is 0.652. The van der Waals surface area contributed by atoms with Gasteiger partial charge in [-0.25, -0.2) is 0 Å². The number of amides is 2. The molecule has 0 saturated carbocycles. The molecule has 2 atom stereocenters. The highest BCUT2D eigenvalue weighted by Crippen LogP contribution is 2.80.